The molecule has 0 aliphatic carbocycles. The van der Waals surface area contributed by atoms with Gasteiger partial charge in [-0.3, -0.25) is 14.9 Å². The zero-order valence-corrected chi connectivity index (χ0v) is 10.4. The van der Waals surface area contributed by atoms with Crippen LogP contribution in [0.4, 0.5) is 5.69 Å². The summed E-state index contributed by atoms with van der Waals surface area (Å²) in [5, 5.41) is 10.4. The second-order valence-electron chi connectivity index (χ2n) is 4.04. The molecule has 1 rings (SSSR count). The summed E-state index contributed by atoms with van der Waals surface area (Å²) in [6.45, 7) is 2.24. The molecule has 98 valence electrons. The van der Waals surface area contributed by atoms with Crippen molar-refractivity contribution in [2.24, 2.45) is 0 Å². The molecule has 0 bridgehead atoms. The molecule has 0 saturated heterocycles. The molecule has 18 heavy (non-hydrogen) atoms. The highest BCUT2D eigenvalue weighted by Crippen LogP contribution is 2.13. The van der Waals surface area contributed by atoms with E-state index in [-0.39, 0.29) is 18.3 Å². The summed E-state index contributed by atoms with van der Waals surface area (Å²) in [5.41, 5.74) is 0.789. The third-order valence-electron chi connectivity index (χ3n) is 2.53. The Morgan fingerprint density at radius 1 is 1.28 bits per heavy atom. The van der Waals surface area contributed by atoms with E-state index in [2.05, 4.69) is 6.92 Å². The van der Waals surface area contributed by atoms with Crippen LogP contribution in [0, 0.1) is 10.1 Å². The largest absolute Gasteiger partial charge is 0.461 e. The lowest BCUT2D eigenvalue weighted by atomic mass is 10.2. The SMILES string of the molecule is CCCCCC(=O)OCc1ccc([N+](=O)[O-])cc1. The topological polar surface area (TPSA) is 69.4 Å². The van der Waals surface area contributed by atoms with Crippen LogP contribution in [0.2, 0.25) is 0 Å². The van der Waals surface area contributed by atoms with Gasteiger partial charge in [0.25, 0.3) is 5.69 Å². The first-order valence-corrected chi connectivity index (χ1v) is 6.02. The highest BCUT2D eigenvalue weighted by Gasteiger charge is 2.06. The van der Waals surface area contributed by atoms with E-state index in [0.29, 0.717) is 6.42 Å². The quantitative estimate of drug-likeness (QED) is 0.323. The van der Waals surface area contributed by atoms with E-state index in [4.69, 9.17) is 4.74 Å². The fourth-order valence-electron chi connectivity index (χ4n) is 1.47. The summed E-state index contributed by atoms with van der Waals surface area (Å²) in [7, 11) is 0. The number of nitro groups is 1. The Kier molecular flexibility index (Phi) is 5.84. The average molecular weight is 251 g/mol. The number of hydrogen-bond acceptors (Lipinski definition) is 4. The smallest absolute Gasteiger partial charge is 0.306 e. The molecule has 0 N–H and O–H groups in total. The van der Waals surface area contributed by atoms with Crippen molar-refractivity contribution < 1.29 is 14.5 Å². The lowest BCUT2D eigenvalue weighted by molar-refractivity contribution is -0.384. The molecule has 0 aliphatic heterocycles. The third-order valence-corrected chi connectivity index (χ3v) is 2.53. The van der Waals surface area contributed by atoms with E-state index in [1.165, 1.54) is 12.1 Å². The minimum atomic E-state index is -0.458. The van der Waals surface area contributed by atoms with E-state index < -0.39 is 4.92 Å². The van der Waals surface area contributed by atoms with Gasteiger partial charge in [-0.1, -0.05) is 19.8 Å². The maximum absolute atomic E-state index is 11.3. The van der Waals surface area contributed by atoms with Crippen LogP contribution in [-0.4, -0.2) is 10.9 Å². The van der Waals surface area contributed by atoms with Crippen molar-refractivity contribution in [1.29, 1.82) is 0 Å². The molecule has 0 aliphatic rings. The predicted molar refractivity (Wildman–Crippen MR) is 67.0 cm³/mol. The fourth-order valence-corrected chi connectivity index (χ4v) is 1.47. The first-order chi connectivity index (χ1) is 8.63. The summed E-state index contributed by atoms with van der Waals surface area (Å²) in [4.78, 5) is 21.3. The second-order valence-corrected chi connectivity index (χ2v) is 4.04. The normalized spacial score (nSPS) is 10.1. The maximum atomic E-state index is 11.3. The Morgan fingerprint density at radius 2 is 1.94 bits per heavy atom. The number of benzene rings is 1. The number of carbonyl (C=O) groups is 1. The van der Waals surface area contributed by atoms with E-state index in [9.17, 15) is 14.9 Å². The molecular formula is C13H17NO4. The number of esters is 1. The van der Waals surface area contributed by atoms with Gasteiger partial charge in [0.1, 0.15) is 6.61 Å². The number of unbranched alkanes of at least 4 members (excludes halogenated alkanes) is 2. The summed E-state index contributed by atoms with van der Waals surface area (Å²) >= 11 is 0. The molecule has 0 radical (unpaired) electrons. The summed E-state index contributed by atoms with van der Waals surface area (Å²) in [5.74, 6) is -0.221. The van der Waals surface area contributed by atoms with Gasteiger partial charge in [0.2, 0.25) is 0 Å². The number of rotatable bonds is 7. The maximum Gasteiger partial charge on any atom is 0.306 e. The average Bonchev–Trinajstić information content (AvgIpc) is 2.37. The van der Waals surface area contributed by atoms with Gasteiger partial charge >= 0.3 is 5.97 Å². The molecule has 0 aromatic heterocycles. The number of carbonyl (C=O) groups excluding carboxylic acids is 1. The van der Waals surface area contributed by atoms with Gasteiger partial charge in [-0.25, -0.2) is 0 Å². The van der Waals surface area contributed by atoms with E-state index >= 15 is 0 Å². The molecule has 5 nitrogen and oxygen atoms in total. The molecule has 0 heterocycles. The van der Waals surface area contributed by atoms with Crippen LogP contribution in [-0.2, 0) is 16.1 Å². The zero-order chi connectivity index (χ0) is 13.4. The number of non-ortho nitro benzene ring substituents is 1. The van der Waals surface area contributed by atoms with E-state index in [0.717, 1.165) is 24.8 Å². The number of nitrogens with zero attached hydrogens (tertiary/aromatic N) is 1. The molecule has 0 unspecified atom stereocenters. The zero-order valence-electron chi connectivity index (χ0n) is 10.4. The van der Waals surface area contributed by atoms with Gasteiger partial charge < -0.3 is 4.74 Å². The Morgan fingerprint density at radius 3 is 2.50 bits per heavy atom. The Hall–Kier alpha value is -1.91. The van der Waals surface area contributed by atoms with Crippen LogP contribution >= 0.6 is 0 Å². The van der Waals surface area contributed by atoms with Crippen molar-refractivity contribution in [2.75, 3.05) is 0 Å². The number of nitro benzene ring substituents is 1. The monoisotopic (exact) mass is 251 g/mol. The molecule has 0 amide bonds. The Labute approximate surface area is 106 Å². The Balaban J connectivity index is 2.34. The molecule has 1 aromatic rings. The van der Waals surface area contributed by atoms with Crippen LogP contribution in [0.5, 0.6) is 0 Å². The molecule has 0 fully saturated rings. The van der Waals surface area contributed by atoms with Gasteiger partial charge in [0.15, 0.2) is 0 Å². The molecular weight excluding hydrogens is 234 g/mol. The fraction of sp³-hybridized carbons (Fsp3) is 0.462. The molecule has 0 saturated carbocycles. The van der Waals surface area contributed by atoms with Crippen LogP contribution in [0.1, 0.15) is 38.2 Å². The summed E-state index contributed by atoms with van der Waals surface area (Å²) < 4.78 is 5.07. The van der Waals surface area contributed by atoms with Gasteiger partial charge in [-0.2, -0.15) is 0 Å². The lowest BCUT2D eigenvalue weighted by Gasteiger charge is -2.04. The van der Waals surface area contributed by atoms with Crippen LogP contribution in [0.25, 0.3) is 0 Å². The first kappa shape index (κ1) is 14.2. The standard InChI is InChI=1S/C13H17NO4/c1-2-3-4-5-13(15)18-10-11-6-8-12(9-7-11)14(16)17/h6-9H,2-5,10H2,1H3. The molecule has 1 aromatic carbocycles. The van der Waals surface area contributed by atoms with Gasteiger partial charge in [0, 0.05) is 18.6 Å². The molecule has 5 heteroatoms. The summed E-state index contributed by atoms with van der Waals surface area (Å²) in [6.07, 6.45) is 3.36. The predicted octanol–water partition coefficient (Wildman–Crippen LogP) is 3.22. The highest BCUT2D eigenvalue weighted by atomic mass is 16.6. The van der Waals surface area contributed by atoms with Crippen molar-refractivity contribution in [3.05, 3.63) is 39.9 Å². The highest BCUT2D eigenvalue weighted by molar-refractivity contribution is 5.69. The Bertz CT molecular complexity index is 400. The second kappa shape index (κ2) is 7.42. The van der Waals surface area contributed by atoms with Crippen molar-refractivity contribution in [3.8, 4) is 0 Å². The van der Waals surface area contributed by atoms with E-state index in [1.54, 1.807) is 12.1 Å². The minimum absolute atomic E-state index is 0.0352. The van der Waals surface area contributed by atoms with Crippen LogP contribution in [0.15, 0.2) is 24.3 Å². The van der Waals surface area contributed by atoms with Gasteiger partial charge in [-0.05, 0) is 24.1 Å². The number of hydrogen-bond donors (Lipinski definition) is 0. The molecule has 0 spiro atoms. The molecule has 0 atom stereocenters. The minimum Gasteiger partial charge on any atom is -0.461 e. The van der Waals surface area contributed by atoms with Crippen molar-refractivity contribution in [3.63, 3.8) is 0 Å². The van der Waals surface area contributed by atoms with Crippen molar-refractivity contribution in [2.45, 2.75) is 39.2 Å². The lowest BCUT2D eigenvalue weighted by Crippen LogP contribution is -2.04. The number of ether oxygens (including phenoxy) is 1. The van der Waals surface area contributed by atoms with Crippen molar-refractivity contribution in [1.82, 2.24) is 0 Å². The van der Waals surface area contributed by atoms with Crippen LogP contribution in [0.3, 0.4) is 0 Å². The van der Waals surface area contributed by atoms with E-state index in [1.807, 2.05) is 0 Å². The van der Waals surface area contributed by atoms with Crippen LogP contribution < -0.4 is 0 Å². The third kappa shape index (κ3) is 4.95. The summed E-state index contributed by atoms with van der Waals surface area (Å²) in [6, 6.07) is 6.00. The van der Waals surface area contributed by atoms with Crippen molar-refractivity contribution >= 4 is 11.7 Å². The van der Waals surface area contributed by atoms with Gasteiger partial charge in [-0.15, -0.1) is 0 Å². The van der Waals surface area contributed by atoms with Gasteiger partial charge in [0.05, 0.1) is 4.92 Å². The first-order valence-electron chi connectivity index (χ1n) is 6.02.